The number of carboxylic acid groups (broad SMARTS) is 1. The fourth-order valence-electron chi connectivity index (χ4n) is 13.0. The molecule has 5 aliphatic rings. The van der Waals surface area contributed by atoms with Crippen LogP contribution >= 0.6 is 0 Å². The molecule has 0 heterocycles. The summed E-state index contributed by atoms with van der Waals surface area (Å²) in [7, 11) is 1.69. The Morgan fingerprint density at radius 2 is 1.55 bits per heavy atom. The highest BCUT2D eigenvalue weighted by Crippen LogP contribution is 2.76. The molecule has 8 heteroatoms. The first-order valence-corrected chi connectivity index (χ1v) is 20.1. The second-order valence-electron chi connectivity index (χ2n) is 19.9. The Morgan fingerprint density at radius 1 is 0.887 bits per heavy atom. The van der Waals surface area contributed by atoms with Gasteiger partial charge in [-0.05, 0) is 128 Å². The van der Waals surface area contributed by atoms with E-state index in [9.17, 15) is 29.1 Å². The van der Waals surface area contributed by atoms with Gasteiger partial charge in [0.15, 0.2) is 11.6 Å². The molecular weight excluding hydrogens is 666 g/mol. The van der Waals surface area contributed by atoms with Crippen LogP contribution in [-0.2, 0) is 23.9 Å². The number of carbonyl (C=O) groups excluding carboxylic acids is 4. The van der Waals surface area contributed by atoms with E-state index in [1.807, 2.05) is 18.2 Å². The van der Waals surface area contributed by atoms with Crippen molar-refractivity contribution in [3.8, 4) is 0 Å². The second-order valence-corrected chi connectivity index (χ2v) is 19.9. The van der Waals surface area contributed by atoms with Crippen LogP contribution in [0.15, 0.2) is 41.5 Å². The maximum atomic E-state index is 14.7. The number of Topliss-reactive ketones (excluding diaryl/α,β-unsaturated/α-hetero) is 2. The fourth-order valence-corrected chi connectivity index (χ4v) is 13.0. The molecule has 6 rings (SSSR count). The number of likely N-dealkylation sites (N-methyl/N-ethyl adjacent to an activating group) is 1. The molecule has 0 bridgehead atoms. The summed E-state index contributed by atoms with van der Waals surface area (Å²) in [6, 6.07) is 9.06. The molecule has 0 radical (unpaired) electrons. The number of amides is 1. The number of rotatable bonds is 9. The third-order valence-corrected chi connectivity index (χ3v) is 16.1. The maximum absolute atomic E-state index is 14.7. The Labute approximate surface area is 316 Å². The first kappa shape index (κ1) is 39.4. The fraction of sp³-hybridized carbons (Fsp3) is 0.711. The highest BCUT2D eigenvalue weighted by molar-refractivity contribution is 6.08. The molecule has 8 atom stereocenters. The van der Waals surface area contributed by atoms with E-state index >= 15 is 0 Å². The number of benzene rings is 1. The molecule has 4 fully saturated rings. The van der Waals surface area contributed by atoms with Gasteiger partial charge in [0.05, 0.1) is 23.8 Å². The number of allylic oxidation sites excluding steroid dienone is 2. The minimum absolute atomic E-state index is 0.00496. The lowest BCUT2D eigenvalue weighted by Crippen LogP contribution is -2.66. The molecule has 1 amide bonds. The Hall–Kier alpha value is -3.29. The van der Waals surface area contributed by atoms with Gasteiger partial charge in [-0.1, -0.05) is 66.7 Å². The van der Waals surface area contributed by atoms with Crippen molar-refractivity contribution in [1.82, 2.24) is 4.90 Å². The van der Waals surface area contributed by atoms with Gasteiger partial charge in [0, 0.05) is 24.4 Å². The van der Waals surface area contributed by atoms with Gasteiger partial charge < -0.3 is 14.7 Å². The summed E-state index contributed by atoms with van der Waals surface area (Å²) in [5.74, 6) is -0.659. The average molecular weight is 730 g/mol. The largest absolute Gasteiger partial charge is 0.481 e. The highest BCUT2D eigenvalue weighted by Gasteiger charge is 2.71. The SMILES string of the molecule is CC(C)C1=C2[C@H]3CC[C@@H]4[C@@]5(C)CC[C@H](OC(=O)CC(C)(C)C(=O)O)C(C)(C)[C@@H]5CC[C@@]4(C)[C@]3(C)CC[C@@]2(C(=O)CN(C)C(=O)c2ccccc2)CC1=O. The highest BCUT2D eigenvalue weighted by atomic mass is 16.5. The standard InChI is InChI=1S/C45H63NO7/c1-27(2)36-30(47)24-45(33(48)26-46(10)38(50)28-14-12-11-13-15-28)23-22-43(8)29(37(36)45)16-17-32-42(7)20-19-34(53-35(49)25-40(3,4)39(51)52)41(5,6)31(42)18-21-44(32,43)9/h11-15,27,29,31-32,34H,16-26H2,1-10H3,(H,51,52)/t29-,31+,32-,34+,42+,43-,44-,45+/m1/s1. The number of carbonyl (C=O) groups is 5. The van der Waals surface area contributed by atoms with Crippen LogP contribution in [0.5, 0.6) is 0 Å². The van der Waals surface area contributed by atoms with Crippen molar-refractivity contribution in [3.63, 3.8) is 0 Å². The number of carboxylic acids is 1. The third kappa shape index (κ3) is 5.94. The maximum Gasteiger partial charge on any atom is 0.309 e. The summed E-state index contributed by atoms with van der Waals surface area (Å²) in [6.07, 6.45) is 6.91. The van der Waals surface area contributed by atoms with Crippen molar-refractivity contribution in [3.05, 3.63) is 47.0 Å². The van der Waals surface area contributed by atoms with Crippen LogP contribution in [0.1, 0.15) is 137 Å². The van der Waals surface area contributed by atoms with Crippen LogP contribution in [0.25, 0.3) is 0 Å². The summed E-state index contributed by atoms with van der Waals surface area (Å²) in [5, 5.41) is 9.61. The zero-order valence-corrected chi connectivity index (χ0v) is 33.9. The number of ether oxygens (including phenoxy) is 1. The number of hydrogen-bond acceptors (Lipinski definition) is 6. The van der Waals surface area contributed by atoms with Gasteiger partial charge in [-0.25, -0.2) is 0 Å². The van der Waals surface area contributed by atoms with Gasteiger partial charge in [-0.2, -0.15) is 0 Å². The van der Waals surface area contributed by atoms with Crippen LogP contribution in [0.3, 0.4) is 0 Å². The molecule has 0 saturated heterocycles. The van der Waals surface area contributed by atoms with E-state index < -0.39 is 22.8 Å². The van der Waals surface area contributed by atoms with Crippen molar-refractivity contribution in [2.24, 2.45) is 56.2 Å². The van der Waals surface area contributed by atoms with E-state index in [-0.39, 0.29) is 76.5 Å². The molecule has 4 saturated carbocycles. The summed E-state index contributed by atoms with van der Waals surface area (Å²) < 4.78 is 6.15. The van der Waals surface area contributed by atoms with E-state index in [1.54, 1.807) is 33.0 Å². The molecule has 0 aromatic heterocycles. The van der Waals surface area contributed by atoms with Crippen LogP contribution in [0, 0.1) is 56.2 Å². The molecule has 1 aromatic carbocycles. The summed E-state index contributed by atoms with van der Waals surface area (Å²) >= 11 is 0. The number of fused-ring (bicyclic) bond motifs is 7. The average Bonchev–Trinajstić information content (AvgIpc) is 3.39. The van der Waals surface area contributed by atoms with E-state index in [2.05, 4.69) is 48.5 Å². The Bertz CT molecular complexity index is 1720. The van der Waals surface area contributed by atoms with Gasteiger partial charge in [-0.15, -0.1) is 0 Å². The molecule has 1 N–H and O–H groups in total. The van der Waals surface area contributed by atoms with Crippen molar-refractivity contribution in [2.75, 3.05) is 13.6 Å². The van der Waals surface area contributed by atoms with Crippen LogP contribution in [-0.4, -0.2) is 59.1 Å². The molecule has 0 unspecified atom stereocenters. The Kier molecular flexibility index (Phi) is 9.80. The van der Waals surface area contributed by atoms with Crippen molar-refractivity contribution in [2.45, 2.75) is 133 Å². The predicted octanol–water partition coefficient (Wildman–Crippen LogP) is 8.72. The van der Waals surface area contributed by atoms with E-state index in [0.717, 1.165) is 56.1 Å². The first-order valence-electron chi connectivity index (χ1n) is 20.1. The van der Waals surface area contributed by atoms with Gasteiger partial charge in [0.25, 0.3) is 5.91 Å². The summed E-state index contributed by atoms with van der Waals surface area (Å²) in [4.78, 5) is 68.5. The van der Waals surface area contributed by atoms with E-state index in [1.165, 1.54) is 4.90 Å². The Morgan fingerprint density at radius 3 is 2.17 bits per heavy atom. The number of esters is 1. The monoisotopic (exact) mass is 729 g/mol. The van der Waals surface area contributed by atoms with Gasteiger partial charge in [0.1, 0.15) is 6.10 Å². The van der Waals surface area contributed by atoms with Crippen molar-refractivity contribution in [1.29, 1.82) is 0 Å². The van der Waals surface area contributed by atoms with Crippen LogP contribution in [0.4, 0.5) is 0 Å². The number of ketones is 2. The molecule has 0 spiro atoms. The van der Waals surface area contributed by atoms with Crippen LogP contribution in [0.2, 0.25) is 0 Å². The molecule has 53 heavy (non-hydrogen) atoms. The topological polar surface area (TPSA) is 118 Å². The lowest BCUT2D eigenvalue weighted by molar-refractivity contribution is -0.233. The van der Waals surface area contributed by atoms with E-state index in [0.29, 0.717) is 23.8 Å². The van der Waals surface area contributed by atoms with Crippen LogP contribution < -0.4 is 0 Å². The normalized spacial score (nSPS) is 36.2. The predicted molar refractivity (Wildman–Crippen MR) is 204 cm³/mol. The second kappa shape index (κ2) is 13.2. The quantitative estimate of drug-likeness (QED) is 0.253. The summed E-state index contributed by atoms with van der Waals surface area (Å²) in [5.41, 5.74) is 0.0549. The Balaban J connectivity index is 1.29. The lowest BCUT2D eigenvalue weighted by Gasteiger charge is -2.72. The molecule has 290 valence electrons. The smallest absolute Gasteiger partial charge is 0.309 e. The number of aliphatic carboxylic acids is 1. The lowest BCUT2D eigenvalue weighted by atomic mass is 9.33. The number of nitrogens with zero attached hydrogens (tertiary/aromatic N) is 1. The number of hydrogen-bond donors (Lipinski definition) is 1. The first-order chi connectivity index (χ1) is 24.6. The molecule has 0 aliphatic heterocycles. The van der Waals surface area contributed by atoms with Gasteiger partial charge >= 0.3 is 11.9 Å². The minimum atomic E-state index is -1.18. The molecule has 5 aliphatic carbocycles. The van der Waals surface area contributed by atoms with E-state index in [4.69, 9.17) is 4.74 Å². The zero-order chi connectivity index (χ0) is 39.1. The van der Waals surface area contributed by atoms with Crippen molar-refractivity contribution >= 4 is 29.4 Å². The zero-order valence-electron chi connectivity index (χ0n) is 33.9. The molecule has 1 aromatic rings. The summed E-state index contributed by atoms with van der Waals surface area (Å²) in [6.45, 7) is 19.2. The minimum Gasteiger partial charge on any atom is -0.481 e. The third-order valence-electron chi connectivity index (χ3n) is 16.1. The molecular formula is C45H63NO7. The molecule has 8 nitrogen and oxygen atoms in total. The van der Waals surface area contributed by atoms with Gasteiger partial charge in [-0.3, -0.25) is 24.0 Å². The van der Waals surface area contributed by atoms with Gasteiger partial charge in [0.2, 0.25) is 0 Å². The van der Waals surface area contributed by atoms with Crippen molar-refractivity contribution < 1.29 is 33.8 Å².